The zero-order chi connectivity index (χ0) is 71.9. The number of aliphatic hydroxyl groups is 6. The molecule has 0 radical (unpaired) electrons. The summed E-state index contributed by atoms with van der Waals surface area (Å²) < 4.78 is 379. The maximum atomic E-state index is 13.0. The van der Waals surface area contributed by atoms with Crippen LogP contribution in [0.4, 0.5) is 0 Å². The van der Waals surface area contributed by atoms with Crippen molar-refractivity contribution in [2.45, 2.75) is 153 Å². The number of aliphatic hydroxyl groups excluding tert-OH is 6. The molecule has 5 aliphatic heterocycles. The molecule has 0 aromatic carbocycles. The molecule has 5 fully saturated rings. The number of carboxylic acids is 2. The van der Waals surface area contributed by atoms with Crippen LogP contribution in [-0.2, 0) is 171 Å². The SMILES string of the molecule is O=C(O)[C@H]1O[C@@H](O[C@H]2[C@H](OS(=O)(=O)O)[C@@H](NS(=O)(=O)O)[C@H](O[C@H]3[C@H](O)[C@@H](OS(=O)(=O)O)[C@H](O[C@H]4[C@H](OS(=O)(=O)O)[C@@H](NS(=O)(=O)O)[C@@H](O)O[C@@H]4COS(=O)(=O)O)O[C@H]3C(=O)O)O[C@@H]2COS(=O)(=O)O)[C@H](O)[C@@H](O)[C@@H]1O[C@@H]1O[C@H](COS(=O)(=O)O)[C@@H](O)[C@H](O)[C@H]1NS(=O)(=O)O. The lowest BCUT2D eigenvalue weighted by Gasteiger charge is -2.50. The van der Waals surface area contributed by atoms with Gasteiger partial charge in [-0.25, -0.2) is 34.7 Å². The van der Waals surface area contributed by atoms with E-state index in [1.165, 1.54) is 4.72 Å². The number of hydrogen-bond donors (Lipinski definition) is 20. The van der Waals surface area contributed by atoms with Gasteiger partial charge in [0.15, 0.2) is 49.8 Å². The highest BCUT2D eigenvalue weighted by Crippen LogP contribution is 2.39. The van der Waals surface area contributed by atoms with Crippen molar-refractivity contribution >= 4 is 105 Å². The van der Waals surface area contributed by atoms with Gasteiger partial charge in [-0.1, -0.05) is 0 Å². The fourth-order valence-electron chi connectivity index (χ4n) is 9.03. The van der Waals surface area contributed by atoms with Crippen LogP contribution in [0.25, 0.3) is 0 Å². The highest BCUT2D eigenvalue weighted by Gasteiger charge is 2.62. The normalized spacial score (nSPS) is 38.0. The van der Waals surface area contributed by atoms with Crippen molar-refractivity contribution < 1.29 is 235 Å². The van der Waals surface area contributed by atoms with Crippen molar-refractivity contribution in [3.63, 3.8) is 0 Å². The van der Waals surface area contributed by atoms with Gasteiger partial charge in [-0.2, -0.15) is 89.9 Å². The summed E-state index contributed by atoms with van der Waals surface area (Å²) in [4.78, 5) is 25.8. The van der Waals surface area contributed by atoms with Gasteiger partial charge in [0.2, 0.25) is 0 Å². The zero-order valence-electron chi connectivity index (χ0n) is 44.6. The number of hydrogen-bond acceptors (Lipinski definition) is 41. The van der Waals surface area contributed by atoms with Crippen LogP contribution in [0.2, 0.25) is 0 Å². The molecule has 94 heavy (non-hydrogen) atoms. The van der Waals surface area contributed by atoms with E-state index >= 15 is 0 Å². The lowest BCUT2D eigenvalue weighted by Crippen LogP contribution is -2.71. The predicted octanol–water partition coefficient (Wildman–Crippen LogP) is -14.6. The summed E-state index contributed by atoms with van der Waals surface area (Å²) in [6, 6.07) is -8.85. The summed E-state index contributed by atoms with van der Waals surface area (Å²) in [5.74, 6) is -5.07. The van der Waals surface area contributed by atoms with Gasteiger partial charge in [-0.3, -0.25) is 41.0 Å². The lowest BCUT2D eigenvalue weighted by atomic mass is 9.94. The molecule has 0 aromatic heterocycles. The first-order chi connectivity index (χ1) is 42.3. The van der Waals surface area contributed by atoms with Crippen molar-refractivity contribution in [2.24, 2.45) is 0 Å². The third kappa shape index (κ3) is 24.2. The van der Waals surface area contributed by atoms with E-state index in [4.69, 9.17) is 47.2 Å². The second-order valence-electron chi connectivity index (χ2n) is 19.0. The molecule has 0 aliphatic carbocycles. The first-order valence-electron chi connectivity index (χ1n) is 23.8. The van der Waals surface area contributed by atoms with E-state index in [-0.39, 0.29) is 0 Å². The second kappa shape index (κ2) is 30.6. The topological polar surface area (TPSA) is 860 Å². The molecule has 552 valence electrons. The third-order valence-electron chi connectivity index (χ3n) is 12.4. The molecule has 5 heterocycles. The Kier molecular flexibility index (Phi) is 26.6. The Morgan fingerprint density at radius 3 is 1.06 bits per heavy atom. The van der Waals surface area contributed by atoms with E-state index in [9.17, 15) is 163 Å². The molecule has 0 aromatic rings. The Labute approximate surface area is 525 Å². The predicted molar refractivity (Wildman–Crippen MR) is 268 cm³/mol. The van der Waals surface area contributed by atoms with Crippen LogP contribution >= 0.6 is 0 Å². The van der Waals surface area contributed by atoms with Crippen molar-refractivity contribution in [1.82, 2.24) is 14.2 Å². The molecule has 0 amide bonds. The van der Waals surface area contributed by atoms with Gasteiger partial charge in [0, 0.05) is 0 Å². The van der Waals surface area contributed by atoms with Crippen LogP contribution in [0.5, 0.6) is 0 Å². The van der Waals surface area contributed by atoms with Crippen LogP contribution in [0.1, 0.15) is 0 Å². The highest BCUT2D eigenvalue weighted by molar-refractivity contribution is 7.84. The molecular formula is C30H51N3O52S9. The molecule has 0 spiro atoms. The summed E-state index contributed by atoms with van der Waals surface area (Å²) in [7, 11) is -53.7. The van der Waals surface area contributed by atoms with Gasteiger partial charge in [-0.05, 0) is 0 Å². The van der Waals surface area contributed by atoms with Crippen molar-refractivity contribution in [3.8, 4) is 0 Å². The zero-order valence-corrected chi connectivity index (χ0v) is 52.0. The molecule has 55 nitrogen and oxygen atoms in total. The van der Waals surface area contributed by atoms with Gasteiger partial charge in [0.25, 0.3) is 0 Å². The number of nitrogens with one attached hydrogen (secondary N) is 3. The summed E-state index contributed by atoms with van der Waals surface area (Å²) in [5.41, 5.74) is 0. The fourth-order valence-corrected chi connectivity index (χ4v) is 13.2. The molecule has 25 atom stereocenters. The van der Waals surface area contributed by atoms with Crippen molar-refractivity contribution in [3.05, 3.63) is 0 Å². The van der Waals surface area contributed by atoms with E-state index in [0.29, 0.717) is 0 Å². The van der Waals surface area contributed by atoms with Crippen LogP contribution < -0.4 is 14.2 Å². The van der Waals surface area contributed by atoms with Gasteiger partial charge in [-0.15, -0.1) is 0 Å². The molecule has 5 rings (SSSR count). The fraction of sp³-hybridized carbons (Fsp3) is 0.933. The van der Waals surface area contributed by atoms with E-state index < -0.39 is 278 Å². The summed E-state index contributed by atoms with van der Waals surface area (Å²) in [5, 5.41) is 87.1. The molecule has 5 aliphatic rings. The van der Waals surface area contributed by atoms with Crippen LogP contribution in [0, 0.1) is 0 Å². The maximum Gasteiger partial charge on any atom is 0.397 e. The molecule has 64 heteroatoms. The number of aliphatic carboxylic acids is 2. The van der Waals surface area contributed by atoms with Gasteiger partial charge in [0.05, 0.1) is 19.8 Å². The molecule has 20 N–H and O–H groups in total. The Bertz CT molecular complexity index is 3750. The minimum atomic E-state index is -6.42. The number of ether oxygens (including phenoxy) is 9. The summed E-state index contributed by atoms with van der Waals surface area (Å²) >= 11 is 0. The molecule has 0 saturated carbocycles. The van der Waals surface area contributed by atoms with Gasteiger partial charge in [0.1, 0.15) is 104 Å². The van der Waals surface area contributed by atoms with E-state index in [1.807, 2.05) is 0 Å². The van der Waals surface area contributed by atoms with Crippen LogP contribution in [0.15, 0.2) is 0 Å². The van der Waals surface area contributed by atoms with E-state index in [0.717, 1.165) is 9.44 Å². The van der Waals surface area contributed by atoms with E-state index in [2.05, 4.69) is 25.1 Å². The van der Waals surface area contributed by atoms with Crippen LogP contribution in [-0.4, -0.2) is 343 Å². The first kappa shape index (κ1) is 81.8. The molecule has 5 saturated heterocycles. The van der Waals surface area contributed by atoms with Crippen molar-refractivity contribution in [2.75, 3.05) is 19.8 Å². The molecule has 0 unspecified atom stereocenters. The summed E-state index contributed by atoms with van der Waals surface area (Å²) in [6.07, 6.45) is -67.2. The average molecular weight is 1570 g/mol. The first-order valence-corrected chi connectivity index (χ1v) is 36.3. The van der Waals surface area contributed by atoms with E-state index in [1.54, 1.807) is 0 Å². The second-order valence-corrected chi connectivity index (χ2v) is 29.0. The quantitative estimate of drug-likeness (QED) is 0.0287. The minimum absolute atomic E-state index is 1.05. The van der Waals surface area contributed by atoms with Crippen molar-refractivity contribution in [1.29, 1.82) is 0 Å². The highest BCUT2D eigenvalue weighted by atomic mass is 32.3. The average Bonchev–Trinajstić information content (AvgIpc) is 0.764. The van der Waals surface area contributed by atoms with Gasteiger partial charge >= 0.3 is 105 Å². The number of carboxylic acid groups (broad SMARTS) is 2. The minimum Gasteiger partial charge on any atom is -0.479 e. The lowest BCUT2D eigenvalue weighted by molar-refractivity contribution is -0.372. The molecular weight excluding hydrogens is 1520 g/mol. The number of carbonyl (C=O) groups is 2. The summed E-state index contributed by atoms with van der Waals surface area (Å²) in [6.45, 7) is -5.43. The third-order valence-corrected chi connectivity index (χ3v) is 16.8. The molecule has 0 bridgehead atoms. The standard InChI is InChI=1S/C30H51N3O52S9/c34-10-4(1-71-89(53,54)55)75-27(7(11(10)35)31-86(44,45)46)79-19-12(36)13(37)29(81-22(19)24(39)40)77-16-6(3-73-91(59,60)61)76-28(9(33-88(50,51)52)18(16)84-93(65,66)67)80-20-14(38)21(85-94(68,69)70)30(82-23(20)25(41)42)78-15-5(2-72-90(56,57)58)74-26(43)8(32-87(47,48)49)17(15)83-92(62,63)64/h4-23,26-38,43H,1-3H2,(H,39,40)(H,41,42)(H,44,45,46)(H,47,48,49)(H,50,51,52)(H,53,54,55)(H,56,57,58)(H,59,60,61)(H,62,63,64)(H,65,66,67)(H,68,69,70)/t4-,5-,6-,7-,8-,9-,10-,11-,12-,13-,14+,15-,16-,17-,18-,19+,20+,21-,22+,23-,26+,27+,28+,29-,30-/m1/s1. The Morgan fingerprint density at radius 1 is 0.319 bits per heavy atom. The largest absolute Gasteiger partial charge is 0.479 e. The smallest absolute Gasteiger partial charge is 0.397 e. The monoisotopic (exact) mass is 1570 g/mol. The maximum absolute atomic E-state index is 13.0. The number of rotatable bonds is 31. The Balaban J connectivity index is 1.63. The van der Waals surface area contributed by atoms with Gasteiger partial charge < -0.3 is 83.5 Å². The Morgan fingerprint density at radius 2 is 0.649 bits per heavy atom. The Hall–Kier alpha value is -2.83. The van der Waals surface area contributed by atoms with Crippen LogP contribution in [0.3, 0.4) is 0 Å².